The number of nitrogens with zero attached hydrogens (tertiary/aromatic N) is 3. The number of hydrogen-bond acceptors (Lipinski definition) is 4. The van der Waals surface area contributed by atoms with Crippen LogP contribution in [0.2, 0.25) is 0 Å². The highest BCUT2D eigenvalue weighted by Gasteiger charge is 2.33. The quantitative estimate of drug-likeness (QED) is 0.736. The van der Waals surface area contributed by atoms with Gasteiger partial charge in [-0.05, 0) is 56.4 Å². The molecule has 1 aromatic heterocycles. The maximum absolute atomic E-state index is 14.5. The van der Waals surface area contributed by atoms with Crippen molar-refractivity contribution in [3.8, 4) is 0 Å². The summed E-state index contributed by atoms with van der Waals surface area (Å²) in [6, 6.07) is 2.59. The predicted octanol–water partition coefficient (Wildman–Crippen LogP) is 2.11. The van der Waals surface area contributed by atoms with Crippen molar-refractivity contribution in [3.05, 3.63) is 34.0 Å². The van der Waals surface area contributed by atoms with Gasteiger partial charge in [-0.2, -0.15) is 0 Å². The van der Waals surface area contributed by atoms with Crippen LogP contribution < -0.4 is 11.0 Å². The Kier molecular flexibility index (Phi) is 5.99. The summed E-state index contributed by atoms with van der Waals surface area (Å²) in [7, 11) is 1.44. The van der Waals surface area contributed by atoms with E-state index < -0.39 is 11.7 Å². The van der Waals surface area contributed by atoms with Crippen LogP contribution in [0.1, 0.15) is 54.9 Å². The molecule has 2 aromatic rings. The highest BCUT2D eigenvalue weighted by molar-refractivity contribution is 5.97. The maximum Gasteiger partial charge on any atom is 0.326 e. The number of likely N-dealkylation sites (tertiary alicyclic amines) is 1. The molecule has 8 nitrogen and oxygen atoms in total. The van der Waals surface area contributed by atoms with Gasteiger partial charge >= 0.3 is 5.69 Å². The molecule has 33 heavy (non-hydrogen) atoms. The van der Waals surface area contributed by atoms with Gasteiger partial charge in [0.25, 0.3) is 5.91 Å². The fraction of sp³-hybridized carbons (Fsp3) is 0.625. The van der Waals surface area contributed by atoms with E-state index in [1.165, 1.54) is 44.9 Å². The molecule has 4 heterocycles. The van der Waals surface area contributed by atoms with E-state index in [9.17, 15) is 18.8 Å². The van der Waals surface area contributed by atoms with Gasteiger partial charge in [0.2, 0.25) is 5.91 Å². The molecule has 0 atom stereocenters. The van der Waals surface area contributed by atoms with Gasteiger partial charge in [0.1, 0.15) is 5.82 Å². The van der Waals surface area contributed by atoms with E-state index >= 15 is 0 Å². The van der Waals surface area contributed by atoms with Crippen molar-refractivity contribution in [2.75, 3.05) is 39.8 Å². The van der Waals surface area contributed by atoms with Crippen molar-refractivity contribution in [2.24, 2.45) is 11.8 Å². The highest BCUT2D eigenvalue weighted by Crippen LogP contribution is 2.34. The average Bonchev–Trinajstić information content (AvgIpc) is 2.97. The van der Waals surface area contributed by atoms with Crippen molar-refractivity contribution in [2.45, 2.75) is 44.6 Å². The van der Waals surface area contributed by atoms with E-state index in [1.807, 2.05) is 0 Å². The van der Waals surface area contributed by atoms with Crippen LogP contribution in [0, 0.1) is 17.7 Å². The Hall–Kier alpha value is -2.68. The number of H-pyrrole nitrogens is 1. The van der Waals surface area contributed by atoms with Crippen LogP contribution in [0.25, 0.3) is 11.0 Å². The van der Waals surface area contributed by atoms with E-state index in [4.69, 9.17) is 0 Å². The summed E-state index contributed by atoms with van der Waals surface area (Å²) < 4.78 is 16.2. The molecule has 2 amide bonds. The molecule has 9 heteroatoms. The van der Waals surface area contributed by atoms with Crippen molar-refractivity contribution in [1.82, 2.24) is 24.7 Å². The molecule has 178 valence electrons. The number of benzene rings is 1. The first-order valence-electron chi connectivity index (χ1n) is 12.1. The fourth-order valence-corrected chi connectivity index (χ4v) is 5.94. The summed E-state index contributed by atoms with van der Waals surface area (Å²) in [6.07, 6.45) is 6.44. The number of halogens is 1. The molecule has 6 rings (SSSR count). The standard InChI is InChI=1S/C24H32FN5O3/c1-26-23(32)18-10-20-21(11-19(18)25)30(24(33)27-20)17-6-8-28(9-7-17)14-22(31)29-12-15-2-3-16(13-29)5-4-15/h10-11,15-17H,2-9,12-14H2,1H3,(H,26,32)(H,27,33). The predicted molar refractivity (Wildman–Crippen MR) is 123 cm³/mol. The monoisotopic (exact) mass is 457 g/mol. The summed E-state index contributed by atoms with van der Waals surface area (Å²) >= 11 is 0. The van der Waals surface area contributed by atoms with Gasteiger partial charge in [0, 0.05) is 45.3 Å². The van der Waals surface area contributed by atoms with Crippen LogP contribution in [-0.4, -0.2) is 70.9 Å². The topological polar surface area (TPSA) is 90.4 Å². The molecule has 3 aliphatic heterocycles. The van der Waals surface area contributed by atoms with Crippen LogP contribution in [0.4, 0.5) is 4.39 Å². The van der Waals surface area contributed by atoms with Gasteiger partial charge in [0.15, 0.2) is 0 Å². The number of nitrogens with one attached hydrogen (secondary N) is 2. The van der Waals surface area contributed by atoms with Gasteiger partial charge in [-0.25, -0.2) is 9.18 Å². The molecule has 4 aliphatic rings. The first-order valence-corrected chi connectivity index (χ1v) is 12.1. The molecule has 2 bridgehead atoms. The number of fused-ring (bicyclic) bond motifs is 5. The lowest BCUT2D eigenvalue weighted by Crippen LogP contribution is -2.45. The number of aromatic amines is 1. The van der Waals surface area contributed by atoms with Gasteiger partial charge < -0.3 is 15.2 Å². The normalized spacial score (nSPS) is 24.2. The molecule has 0 spiro atoms. The SMILES string of the molecule is CNC(=O)c1cc2[nH]c(=O)n(C3CCN(CC(=O)N4CC5CCC(CC5)C4)CC3)c2cc1F. The molecule has 0 unspecified atom stereocenters. The van der Waals surface area contributed by atoms with E-state index in [1.54, 1.807) is 4.57 Å². The van der Waals surface area contributed by atoms with E-state index in [0.717, 1.165) is 26.2 Å². The summed E-state index contributed by atoms with van der Waals surface area (Å²) in [4.78, 5) is 44.6. The second-order valence-electron chi connectivity index (χ2n) is 9.92. The van der Waals surface area contributed by atoms with Crippen molar-refractivity contribution in [3.63, 3.8) is 0 Å². The minimum atomic E-state index is -0.649. The van der Waals surface area contributed by atoms with Crippen LogP contribution in [-0.2, 0) is 4.79 Å². The highest BCUT2D eigenvalue weighted by atomic mass is 19.1. The van der Waals surface area contributed by atoms with Crippen LogP contribution >= 0.6 is 0 Å². The molecule has 4 fully saturated rings. The average molecular weight is 458 g/mol. The minimum absolute atomic E-state index is 0.0723. The van der Waals surface area contributed by atoms with E-state index in [-0.39, 0.29) is 23.2 Å². The number of rotatable bonds is 4. The van der Waals surface area contributed by atoms with Crippen molar-refractivity contribution in [1.29, 1.82) is 0 Å². The molecular formula is C24H32FN5O3. The van der Waals surface area contributed by atoms with Gasteiger partial charge in [0.05, 0.1) is 23.1 Å². The summed E-state index contributed by atoms with van der Waals surface area (Å²) in [5.74, 6) is 0.371. The Labute approximate surface area is 192 Å². The van der Waals surface area contributed by atoms with Crippen LogP contribution in [0.3, 0.4) is 0 Å². The largest absolute Gasteiger partial charge is 0.355 e. The maximum atomic E-state index is 14.5. The zero-order chi connectivity index (χ0) is 23.1. The molecule has 1 aliphatic carbocycles. The van der Waals surface area contributed by atoms with Crippen molar-refractivity contribution < 1.29 is 14.0 Å². The number of hydrogen-bond donors (Lipinski definition) is 2. The lowest BCUT2D eigenvalue weighted by molar-refractivity contribution is -0.133. The Morgan fingerprint density at radius 1 is 1.06 bits per heavy atom. The molecule has 1 saturated carbocycles. The fourth-order valence-electron chi connectivity index (χ4n) is 5.94. The third kappa shape index (κ3) is 4.30. The smallest absolute Gasteiger partial charge is 0.326 e. The second-order valence-corrected chi connectivity index (χ2v) is 9.92. The Morgan fingerprint density at radius 3 is 2.30 bits per heavy atom. The first-order chi connectivity index (χ1) is 15.9. The zero-order valence-corrected chi connectivity index (χ0v) is 19.1. The number of carbonyl (C=O) groups excluding carboxylic acids is 2. The zero-order valence-electron chi connectivity index (χ0n) is 19.1. The number of aromatic nitrogens is 2. The number of imidazole rings is 1. The van der Waals surface area contributed by atoms with Crippen LogP contribution in [0.5, 0.6) is 0 Å². The third-order valence-electron chi connectivity index (χ3n) is 7.83. The Bertz CT molecular complexity index is 1100. The number of carbonyl (C=O) groups is 2. The molecule has 2 N–H and O–H groups in total. The molecule has 3 saturated heterocycles. The van der Waals surface area contributed by atoms with E-state index in [2.05, 4.69) is 20.1 Å². The summed E-state index contributed by atoms with van der Waals surface area (Å²) in [6.45, 7) is 3.67. The van der Waals surface area contributed by atoms with E-state index in [0.29, 0.717) is 42.3 Å². The first kappa shape index (κ1) is 22.1. The molecular weight excluding hydrogens is 425 g/mol. The second kappa shape index (κ2) is 8.93. The summed E-state index contributed by atoms with van der Waals surface area (Å²) in [5, 5.41) is 2.41. The van der Waals surface area contributed by atoms with Crippen LogP contribution in [0.15, 0.2) is 16.9 Å². The number of amides is 2. The Balaban J connectivity index is 1.25. The summed E-state index contributed by atoms with van der Waals surface area (Å²) in [5.41, 5.74) is 0.537. The van der Waals surface area contributed by atoms with Gasteiger partial charge in [-0.15, -0.1) is 0 Å². The Morgan fingerprint density at radius 2 is 1.70 bits per heavy atom. The molecule has 0 radical (unpaired) electrons. The lowest BCUT2D eigenvalue weighted by Gasteiger charge is -2.33. The third-order valence-corrected chi connectivity index (χ3v) is 7.83. The van der Waals surface area contributed by atoms with Gasteiger partial charge in [-0.3, -0.25) is 19.1 Å². The lowest BCUT2D eigenvalue weighted by atomic mass is 9.84. The number of piperidine rings is 1. The molecule has 1 aromatic carbocycles. The van der Waals surface area contributed by atoms with Crippen molar-refractivity contribution >= 4 is 22.8 Å². The minimum Gasteiger partial charge on any atom is -0.355 e. The van der Waals surface area contributed by atoms with Gasteiger partial charge in [-0.1, -0.05) is 0 Å².